The number of benzene rings is 1. The molecule has 0 unspecified atom stereocenters. The largest absolute Gasteiger partial charge is 0.391 e. The molecule has 2 aromatic rings. The molecule has 0 amide bonds. The molecule has 0 aliphatic rings. The van der Waals surface area contributed by atoms with Gasteiger partial charge in [0.25, 0.3) is 10.0 Å². The van der Waals surface area contributed by atoms with E-state index in [0.717, 1.165) is 26.9 Å². The maximum Gasteiger partial charge on any atom is 0.271 e. The molecule has 2 rings (SSSR count). The van der Waals surface area contributed by atoms with Gasteiger partial charge < -0.3 is 5.11 Å². The summed E-state index contributed by atoms with van der Waals surface area (Å²) in [6.07, 6.45) is 0. The number of hydrogen-bond donors (Lipinski definition) is 2. The van der Waals surface area contributed by atoms with Crippen LogP contribution in [0.5, 0.6) is 0 Å². The standard InChI is InChI=1S/C13H14BrNO3S2/c1-8-5-10(3-4-11(8)14)15-20(17,18)13-6-9(2)12(7-16)19-13/h3-6,15-16H,7H2,1-2H3. The number of aryl methyl sites for hydroxylation is 2. The zero-order valence-electron chi connectivity index (χ0n) is 11.0. The van der Waals surface area contributed by atoms with Crippen LogP contribution in [0.25, 0.3) is 0 Å². The second-order valence-electron chi connectivity index (χ2n) is 4.40. The van der Waals surface area contributed by atoms with E-state index in [9.17, 15) is 8.42 Å². The number of hydrogen-bond acceptors (Lipinski definition) is 4. The number of sulfonamides is 1. The fourth-order valence-corrected chi connectivity index (χ4v) is 4.44. The van der Waals surface area contributed by atoms with Crippen LogP contribution in [0, 0.1) is 13.8 Å². The molecule has 4 nitrogen and oxygen atoms in total. The Kier molecular flexibility index (Phi) is 4.53. The summed E-state index contributed by atoms with van der Waals surface area (Å²) in [5.41, 5.74) is 2.25. The molecule has 0 spiro atoms. The summed E-state index contributed by atoms with van der Waals surface area (Å²) in [5.74, 6) is 0. The van der Waals surface area contributed by atoms with Crippen LogP contribution in [0.2, 0.25) is 0 Å². The number of nitrogens with one attached hydrogen (secondary N) is 1. The quantitative estimate of drug-likeness (QED) is 0.859. The Bertz CT molecular complexity index is 738. The van der Waals surface area contributed by atoms with Crippen molar-refractivity contribution < 1.29 is 13.5 Å². The van der Waals surface area contributed by atoms with Crippen LogP contribution >= 0.6 is 27.3 Å². The minimum absolute atomic E-state index is 0.149. The molecule has 0 saturated heterocycles. The maximum atomic E-state index is 12.3. The summed E-state index contributed by atoms with van der Waals surface area (Å²) in [6, 6.07) is 6.83. The molecule has 0 aliphatic heterocycles. The van der Waals surface area contributed by atoms with Crippen LogP contribution in [-0.2, 0) is 16.6 Å². The van der Waals surface area contributed by atoms with Crippen molar-refractivity contribution in [1.82, 2.24) is 0 Å². The van der Waals surface area contributed by atoms with Gasteiger partial charge in [-0.25, -0.2) is 8.42 Å². The summed E-state index contributed by atoms with van der Waals surface area (Å²) in [4.78, 5) is 0.664. The van der Waals surface area contributed by atoms with Gasteiger partial charge in [0, 0.05) is 15.0 Å². The minimum Gasteiger partial charge on any atom is -0.391 e. The number of halogens is 1. The number of aliphatic hydroxyl groups excluding tert-OH is 1. The van der Waals surface area contributed by atoms with Crippen LogP contribution in [0.1, 0.15) is 16.0 Å². The predicted octanol–water partition coefficient (Wildman–Crippen LogP) is 3.42. The van der Waals surface area contributed by atoms with Crippen molar-refractivity contribution in [2.75, 3.05) is 4.72 Å². The molecule has 1 heterocycles. The lowest BCUT2D eigenvalue weighted by molar-refractivity contribution is 0.285. The van der Waals surface area contributed by atoms with Crippen molar-refractivity contribution in [3.8, 4) is 0 Å². The van der Waals surface area contributed by atoms with E-state index < -0.39 is 10.0 Å². The Morgan fingerprint density at radius 2 is 1.95 bits per heavy atom. The van der Waals surface area contributed by atoms with Gasteiger partial charge in [-0.05, 0) is 49.2 Å². The van der Waals surface area contributed by atoms with E-state index in [-0.39, 0.29) is 10.8 Å². The Labute approximate surface area is 130 Å². The zero-order chi connectivity index (χ0) is 14.9. The first kappa shape index (κ1) is 15.5. The van der Waals surface area contributed by atoms with E-state index in [4.69, 9.17) is 5.11 Å². The van der Waals surface area contributed by atoms with Crippen molar-refractivity contribution in [2.45, 2.75) is 24.7 Å². The lowest BCUT2D eigenvalue weighted by Crippen LogP contribution is -2.11. The number of thiophene rings is 1. The Morgan fingerprint density at radius 1 is 1.25 bits per heavy atom. The topological polar surface area (TPSA) is 66.4 Å². The van der Waals surface area contributed by atoms with Crippen LogP contribution < -0.4 is 4.72 Å². The molecule has 1 aromatic heterocycles. The highest BCUT2D eigenvalue weighted by molar-refractivity contribution is 9.10. The van der Waals surface area contributed by atoms with Crippen molar-refractivity contribution in [2.24, 2.45) is 0 Å². The lowest BCUT2D eigenvalue weighted by atomic mass is 10.2. The van der Waals surface area contributed by atoms with Crippen LogP contribution in [0.4, 0.5) is 5.69 Å². The van der Waals surface area contributed by atoms with E-state index in [1.54, 1.807) is 31.2 Å². The SMILES string of the molecule is Cc1cc(NS(=O)(=O)c2cc(C)c(CO)s2)ccc1Br. The molecular weight excluding hydrogens is 362 g/mol. The van der Waals surface area contributed by atoms with Crippen molar-refractivity contribution in [3.05, 3.63) is 44.7 Å². The van der Waals surface area contributed by atoms with Gasteiger partial charge in [-0.1, -0.05) is 15.9 Å². The summed E-state index contributed by atoms with van der Waals surface area (Å²) < 4.78 is 28.3. The Balaban J connectivity index is 2.32. The summed E-state index contributed by atoms with van der Waals surface area (Å²) in [5, 5.41) is 9.14. The van der Waals surface area contributed by atoms with Gasteiger partial charge in [0.2, 0.25) is 0 Å². The molecule has 108 valence electrons. The minimum atomic E-state index is -3.61. The highest BCUT2D eigenvalue weighted by Crippen LogP contribution is 2.28. The van der Waals surface area contributed by atoms with Crippen molar-refractivity contribution in [1.29, 1.82) is 0 Å². The summed E-state index contributed by atoms with van der Waals surface area (Å²) >= 11 is 4.46. The summed E-state index contributed by atoms with van der Waals surface area (Å²) in [7, 11) is -3.61. The average molecular weight is 376 g/mol. The first-order valence-corrected chi connectivity index (χ1v) is 8.92. The van der Waals surface area contributed by atoms with Gasteiger partial charge >= 0.3 is 0 Å². The van der Waals surface area contributed by atoms with E-state index in [1.165, 1.54) is 0 Å². The smallest absolute Gasteiger partial charge is 0.271 e. The van der Waals surface area contributed by atoms with Crippen molar-refractivity contribution >= 4 is 43.0 Å². The van der Waals surface area contributed by atoms with Crippen LogP contribution in [0.3, 0.4) is 0 Å². The van der Waals surface area contributed by atoms with Gasteiger partial charge in [-0.2, -0.15) is 0 Å². The molecule has 0 atom stereocenters. The Morgan fingerprint density at radius 3 is 2.50 bits per heavy atom. The fourth-order valence-electron chi connectivity index (χ4n) is 1.69. The molecule has 0 saturated carbocycles. The molecule has 7 heteroatoms. The monoisotopic (exact) mass is 375 g/mol. The third kappa shape index (κ3) is 3.22. The normalized spacial score (nSPS) is 11.6. The third-order valence-electron chi connectivity index (χ3n) is 2.82. The zero-order valence-corrected chi connectivity index (χ0v) is 14.2. The van der Waals surface area contributed by atoms with E-state index in [1.807, 2.05) is 6.92 Å². The molecule has 0 fully saturated rings. The van der Waals surface area contributed by atoms with Crippen molar-refractivity contribution in [3.63, 3.8) is 0 Å². The Hall–Kier alpha value is -0.890. The fraction of sp³-hybridized carbons (Fsp3) is 0.231. The van der Waals surface area contributed by atoms with Gasteiger partial charge in [0.05, 0.1) is 6.61 Å². The van der Waals surface area contributed by atoms with Gasteiger partial charge in [-0.15, -0.1) is 11.3 Å². The lowest BCUT2D eigenvalue weighted by Gasteiger charge is -2.07. The number of anilines is 1. The van der Waals surface area contributed by atoms with Gasteiger partial charge in [0.15, 0.2) is 0 Å². The van der Waals surface area contributed by atoms with Gasteiger partial charge in [-0.3, -0.25) is 4.72 Å². The first-order valence-electron chi connectivity index (χ1n) is 5.82. The second kappa shape index (κ2) is 5.85. The maximum absolute atomic E-state index is 12.3. The first-order chi connectivity index (χ1) is 9.33. The van der Waals surface area contributed by atoms with E-state index >= 15 is 0 Å². The third-order valence-corrected chi connectivity index (χ3v) is 6.78. The molecule has 2 N–H and O–H groups in total. The van der Waals surface area contributed by atoms with Crippen LogP contribution in [0.15, 0.2) is 32.9 Å². The van der Waals surface area contributed by atoms with E-state index in [0.29, 0.717) is 10.6 Å². The summed E-state index contributed by atoms with van der Waals surface area (Å²) in [6.45, 7) is 3.52. The average Bonchev–Trinajstić information content (AvgIpc) is 2.76. The second-order valence-corrected chi connectivity index (χ2v) is 8.30. The molecule has 20 heavy (non-hydrogen) atoms. The van der Waals surface area contributed by atoms with Gasteiger partial charge in [0.1, 0.15) is 4.21 Å². The number of aliphatic hydroxyl groups is 1. The molecule has 0 radical (unpaired) electrons. The predicted molar refractivity (Wildman–Crippen MR) is 84.7 cm³/mol. The number of rotatable bonds is 4. The van der Waals surface area contributed by atoms with E-state index in [2.05, 4.69) is 20.7 Å². The van der Waals surface area contributed by atoms with Crippen LogP contribution in [-0.4, -0.2) is 13.5 Å². The highest BCUT2D eigenvalue weighted by Gasteiger charge is 2.19. The highest BCUT2D eigenvalue weighted by atomic mass is 79.9. The molecule has 1 aromatic carbocycles. The molecule has 0 aliphatic carbocycles. The molecule has 0 bridgehead atoms. The molecular formula is C13H14BrNO3S2.